The van der Waals surface area contributed by atoms with Crippen molar-refractivity contribution in [2.45, 2.75) is 13.1 Å². The zero-order chi connectivity index (χ0) is 15.5. The SMILES string of the molecule is CN(Cc1ccccc1)C(=O)[O-].C[NH2+]Cc1ccccc1. The van der Waals surface area contributed by atoms with Gasteiger partial charge in [0.2, 0.25) is 0 Å². The summed E-state index contributed by atoms with van der Waals surface area (Å²) in [6.07, 6.45) is -1.15. The second kappa shape index (κ2) is 9.55. The van der Waals surface area contributed by atoms with Gasteiger partial charge in [0, 0.05) is 19.2 Å². The van der Waals surface area contributed by atoms with Crippen molar-refractivity contribution in [3.63, 3.8) is 0 Å². The molecule has 21 heavy (non-hydrogen) atoms. The van der Waals surface area contributed by atoms with E-state index in [0.29, 0.717) is 6.54 Å². The van der Waals surface area contributed by atoms with Gasteiger partial charge in [-0.15, -0.1) is 0 Å². The molecule has 0 aliphatic carbocycles. The molecule has 112 valence electrons. The van der Waals surface area contributed by atoms with E-state index in [1.165, 1.54) is 12.6 Å². The second-order valence-corrected chi connectivity index (χ2v) is 4.71. The van der Waals surface area contributed by atoms with E-state index in [-0.39, 0.29) is 0 Å². The maximum absolute atomic E-state index is 10.3. The fourth-order valence-electron chi connectivity index (χ4n) is 1.77. The third-order valence-electron chi connectivity index (χ3n) is 2.86. The molecule has 2 rings (SSSR count). The average Bonchev–Trinajstić information content (AvgIpc) is 2.50. The van der Waals surface area contributed by atoms with Crippen molar-refractivity contribution in [3.05, 3.63) is 71.8 Å². The van der Waals surface area contributed by atoms with Crippen molar-refractivity contribution < 1.29 is 15.2 Å². The molecular formula is C17H22N2O2. The smallest absolute Gasteiger partial charge is 0.136 e. The van der Waals surface area contributed by atoms with E-state index in [0.717, 1.165) is 17.0 Å². The Bertz CT molecular complexity index is 515. The Morgan fingerprint density at radius 1 is 1.00 bits per heavy atom. The van der Waals surface area contributed by atoms with Crippen LogP contribution in [-0.4, -0.2) is 25.1 Å². The minimum Gasteiger partial charge on any atom is -0.530 e. The highest BCUT2D eigenvalue weighted by molar-refractivity contribution is 5.61. The van der Waals surface area contributed by atoms with Gasteiger partial charge >= 0.3 is 0 Å². The maximum Gasteiger partial charge on any atom is 0.136 e. The summed E-state index contributed by atoms with van der Waals surface area (Å²) in [6.45, 7) is 1.46. The van der Waals surface area contributed by atoms with Crippen LogP contribution in [0.25, 0.3) is 0 Å². The van der Waals surface area contributed by atoms with Gasteiger partial charge in [-0.25, -0.2) is 0 Å². The van der Waals surface area contributed by atoms with E-state index in [2.05, 4.69) is 36.6 Å². The molecule has 0 aliphatic rings. The van der Waals surface area contributed by atoms with Crippen molar-refractivity contribution in [3.8, 4) is 0 Å². The highest BCUT2D eigenvalue weighted by Crippen LogP contribution is 2.01. The third-order valence-corrected chi connectivity index (χ3v) is 2.86. The van der Waals surface area contributed by atoms with E-state index < -0.39 is 6.09 Å². The first kappa shape index (κ1) is 16.7. The molecule has 0 atom stereocenters. The summed E-state index contributed by atoms with van der Waals surface area (Å²) in [6, 6.07) is 19.8. The van der Waals surface area contributed by atoms with E-state index in [9.17, 15) is 9.90 Å². The van der Waals surface area contributed by atoms with E-state index in [1.807, 2.05) is 36.4 Å². The Kier molecular flexibility index (Phi) is 7.61. The van der Waals surface area contributed by atoms with Crippen molar-refractivity contribution in [1.29, 1.82) is 0 Å². The fourth-order valence-corrected chi connectivity index (χ4v) is 1.77. The van der Waals surface area contributed by atoms with Crippen molar-refractivity contribution in [1.82, 2.24) is 4.90 Å². The number of hydrogen-bond donors (Lipinski definition) is 1. The number of carboxylic acid groups (broad SMARTS) is 1. The summed E-state index contributed by atoms with van der Waals surface area (Å²) in [4.78, 5) is 11.5. The predicted molar refractivity (Wildman–Crippen MR) is 81.3 cm³/mol. The first-order valence-corrected chi connectivity index (χ1v) is 6.91. The molecule has 0 spiro atoms. The molecule has 0 aliphatic heterocycles. The average molecular weight is 286 g/mol. The van der Waals surface area contributed by atoms with Crippen LogP contribution in [0.1, 0.15) is 11.1 Å². The van der Waals surface area contributed by atoms with Crippen LogP contribution in [0.15, 0.2) is 60.7 Å². The molecule has 4 nitrogen and oxygen atoms in total. The molecule has 0 fully saturated rings. The number of nitrogens with two attached hydrogens (primary N) is 1. The number of hydrogen-bond acceptors (Lipinski definition) is 2. The maximum atomic E-state index is 10.3. The molecule has 0 heterocycles. The highest BCUT2D eigenvalue weighted by Gasteiger charge is 1.97. The first-order valence-electron chi connectivity index (χ1n) is 6.91. The lowest BCUT2D eigenvalue weighted by Crippen LogP contribution is -2.77. The van der Waals surface area contributed by atoms with Gasteiger partial charge in [-0.1, -0.05) is 60.7 Å². The van der Waals surface area contributed by atoms with Gasteiger partial charge in [0.1, 0.15) is 12.6 Å². The Morgan fingerprint density at radius 2 is 1.48 bits per heavy atom. The summed E-state index contributed by atoms with van der Waals surface area (Å²) in [5.74, 6) is 0. The predicted octanol–water partition coefficient (Wildman–Crippen LogP) is 0.842. The molecule has 0 aromatic heterocycles. The fraction of sp³-hybridized carbons (Fsp3) is 0.235. The largest absolute Gasteiger partial charge is 0.530 e. The van der Waals surface area contributed by atoms with Gasteiger partial charge in [0.25, 0.3) is 0 Å². The molecule has 0 radical (unpaired) electrons. The first-order chi connectivity index (χ1) is 10.1. The number of rotatable bonds is 4. The summed E-state index contributed by atoms with van der Waals surface area (Å²) >= 11 is 0. The lowest BCUT2D eigenvalue weighted by atomic mass is 10.2. The van der Waals surface area contributed by atoms with E-state index in [1.54, 1.807) is 0 Å². The molecule has 2 aromatic rings. The molecule has 0 unspecified atom stereocenters. The van der Waals surface area contributed by atoms with Crippen LogP contribution in [0.2, 0.25) is 0 Å². The Balaban J connectivity index is 0.000000219. The van der Waals surface area contributed by atoms with Gasteiger partial charge in [0.15, 0.2) is 0 Å². The molecule has 0 saturated heterocycles. The minimum absolute atomic E-state index is 0.378. The second-order valence-electron chi connectivity index (χ2n) is 4.71. The summed E-state index contributed by atoms with van der Waals surface area (Å²) in [5, 5.41) is 12.5. The van der Waals surface area contributed by atoms with Crippen LogP contribution in [-0.2, 0) is 13.1 Å². The van der Waals surface area contributed by atoms with Gasteiger partial charge < -0.3 is 20.1 Å². The number of benzene rings is 2. The Morgan fingerprint density at radius 3 is 1.90 bits per heavy atom. The normalized spacial score (nSPS) is 9.43. The van der Waals surface area contributed by atoms with Crippen molar-refractivity contribution in [2.75, 3.05) is 14.1 Å². The van der Waals surface area contributed by atoms with Gasteiger partial charge in [-0.3, -0.25) is 0 Å². The number of carbonyl (C=O) groups is 1. The van der Waals surface area contributed by atoms with Crippen molar-refractivity contribution in [2.24, 2.45) is 0 Å². The topological polar surface area (TPSA) is 60.0 Å². The number of carbonyl (C=O) groups excluding carboxylic acids is 1. The summed E-state index contributed by atoms with van der Waals surface area (Å²) < 4.78 is 0. The number of amides is 1. The standard InChI is InChI=1S/C9H11NO2.C8H11N/c1-10(9(11)12)7-8-5-3-2-4-6-8;1-9-7-8-5-3-2-4-6-8/h2-6H,7H2,1H3,(H,11,12);2-6,9H,7H2,1H3. The number of quaternary nitrogens is 1. The monoisotopic (exact) mass is 286 g/mol. The molecule has 0 bridgehead atoms. The molecule has 4 heteroatoms. The summed E-state index contributed by atoms with van der Waals surface area (Å²) in [5.41, 5.74) is 2.35. The third kappa shape index (κ3) is 7.13. The van der Waals surface area contributed by atoms with Crippen LogP contribution in [0.4, 0.5) is 4.79 Å². The van der Waals surface area contributed by atoms with E-state index >= 15 is 0 Å². The van der Waals surface area contributed by atoms with Crippen molar-refractivity contribution >= 4 is 6.09 Å². The van der Waals surface area contributed by atoms with Gasteiger partial charge in [0.05, 0.1) is 7.05 Å². The van der Waals surface area contributed by atoms with Gasteiger partial charge in [-0.2, -0.15) is 0 Å². The Labute approximate surface area is 126 Å². The molecule has 2 N–H and O–H groups in total. The molecule has 2 aromatic carbocycles. The van der Waals surface area contributed by atoms with Gasteiger partial charge in [-0.05, 0) is 5.56 Å². The van der Waals surface area contributed by atoms with Crippen LogP contribution < -0.4 is 10.4 Å². The lowest BCUT2D eigenvalue weighted by molar-refractivity contribution is -0.643. The molecule has 0 saturated carbocycles. The van der Waals surface area contributed by atoms with Crippen LogP contribution >= 0.6 is 0 Å². The number of nitrogens with zero attached hydrogens (tertiary/aromatic N) is 1. The highest BCUT2D eigenvalue weighted by atomic mass is 16.4. The zero-order valence-corrected chi connectivity index (χ0v) is 12.5. The Hall–Kier alpha value is -2.33. The van der Waals surface area contributed by atoms with E-state index in [4.69, 9.17) is 0 Å². The zero-order valence-electron chi connectivity index (χ0n) is 12.5. The lowest BCUT2D eigenvalue weighted by Gasteiger charge is -2.19. The minimum atomic E-state index is -1.15. The van der Waals surface area contributed by atoms with Crippen LogP contribution in [0, 0.1) is 0 Å². The summed E-state index contributed by atoms with van der Waals surface area (Å²) in [7, 11) is 3.56. The molecule has 1 amide bonds. The quantitative estimate of drug-likeness (QED) is 0.905. The molecular weight excluding hydrogens is 264 g/mol. The van der Waals surface area contributed by atoms with Crippen LogP contribution in [0.3, 0.4) is 0 Å². The van der Waals surface area contributed by atoms with Crippen LogP contribution in [0.5, 0.6) is 0 Å².